The molecule has 5 rings (SSSR count). The Morgan fingerprint density at radius 3 is 2.68 bits per heavy atom. The lowest BCUT2D eigenvalue weighted by molar-refractivity contribution is 0.474. The number of nitrogens with zero attached hydrogens (tertiary/aromatic N) is 2. The first-order valence-electron chi connectivity index (χ1n) is 9.13. The van der Waals surface area contributed by atoms with Crippen molar-refractivity contribution < 1.29 is 5.11 Å². The fourth-order valence-corrected chi connectivity index (χ4v) is 4.98. The van der Waals surface area contributed by atoms with Crippen LogP contribution >= 0.6 is 11.3 Å². The van der Waals surface area contributed by atoms with Crippen molar-refractivity contribution in [3.05, 3.63) is 91.8 Å². The molecule has 0 atom stereocenters. The Kier molecular flexibility index (Phi) is 3.74. The van der Waals surface area contributed by atoms with Gasteiger partial charge >= 0.3 is 0 Å². The number of fused-ring (bicyclic) bond motifs is 4. The molecule has 0 radical (unpaired) electrons. The summed E-state index contributed by atoms with van der Waals surface area (Å²) in [6, 6.07) is 15.4. The predicted octanol–water partition coefficient (Wildman–Crippen LogP) is 4.73. The molecular formula is C23H18N2O2S. The molecule has 2 aromatic heterocycles. The summed E-state index contributed by atoms with van der Waals surface area (Å²) >= 11 is 1.64. The van der Waals surface area contributed by atoms with Crippen LogP contribution in [-0.4, -0.2) is 14.7 Å². The number of benzene rings is 2. The number of aryl methyl sites for hydroxylation is 2. The fraction of sp³-hybridized carbons (Fsp3) is 0.130. The molecule has 0 spiro atoms. The van der Waals surface area contributed by atoms with Gasteiger partial charge in [0.25, 0.3) is 5.56 Å². The van der Waals surface area contributed by atoms with Crippen molar-refractivity contribution in [2.45, 2.75) is 20.4 Å². The average molecular weight is 386 g/mol. The molecule has 5 heteroatoms. The van der Waals surface area contributed by atoms with Gasteiger partial charge in [0.05, 0.1) is 11.9 Å². The quantitative estimate of drug-likeness (QED) is 0.453. The first kappa shape index (κ1) is 17.0. The third kappa shape index (κ3) is 2.43. The number of hydrogen-bond donors (Lipinski definition) is 1. The highest BCUT2D eigenvalue weighted by atomic mass is 32.1. The maximum absolute atomic E-state index is 12.9. The van der Waals surface area contributed by atoms with Gasteiger partial charge in [0, 0.05) is 16.0 Å². The SMILES string of the molecule is Cc1sc2c(c1C)c(=O)nc1n2Cc2ccccc2/C1=C/c1ccccc1O. The molecule has 138 valence electrons. The van der Waals surface area contributed by atoms with E-state index in [-0.39, 0.29) is 11.3 Å². The zero-order valence-corrected chi connectivity index (χ0v) is 16.4. The minimum atomic E-state index is -0.189. The van der Waals surface area contributed by atoms with Gasteiger partial charge in [0.15, 0.2) is 0 Å². The number of rotatable bonds is 1. The van der Waals surface area contributed by atoms with E-state index in [0.29, 0.717) is 23.3 Å². The first-order valence-corrected chi connectivity index (χ1v) is 9.95. The van der Waals surface area contributed by atoms with Crippen LogP contribution in [0.2, 0.25) is 0 Å². The summed E-state index contributed by atoms with van der Waals surface area (Å²) < 4.78 is 2.13. The smallest absolute Gasteiger partial charge is 0.282 e. The Bertz CT molecular complexity index is 1340. The lowest BCUT2D eigenvalue weighted by atomic mass is 9.93. The van der Waals surface area contributed by atoms with E-state index in [1.165, 1.54) is 5.56 Å². The summed E-state index contributed by atoms with van der Waals surface area (Å²) in [5.74, 6) is 0.858. The fourth-order valence-electron chi connectivity index (χ4n) is 3.83. The molecule has 0 saturated carbocycles. The Morgan fingerprint density at radius 2 is 1.86 bits per heavy atom. The monoisotopic (exact) mass is 386 g/mol. The summed E-state index contributed by atoms with van der Waals surface area (Å²) in [4.78, 5) is 19.5. The topological polar surface area (TPSA) is 55.1 Å². The van der Waals surface area contributed by atoms with Crippen LogP contribution in [0.15, 0.2) is 53.3 Å². The van der Waals surface area contributed by atoms with Crippen molar-refractivity contribution >= 4 is 33.2 Å². The van der Waals surface area contributed by atoms with Gasteiger partial charge in [-0.2, -0.15) is 4.98 Å². The van der Waals surface area contributed by atoms with Crippen molar-refractivity contribution in [1.29, 1.82) is 0 Å². The highest BCUT2D eigenvalue weighted by Gasteiger charge is 2.25. The summed E-state index contributed by atoms with van der Waals surface area (Å²) in [5, 5.41) is 11.0. The van der Waals surface area contributed by atoms with Gasteiger partial charge in [0.1, 0.15) is 16.4 Å². The van der Waals surface area contributed by atoms with E-state index in [2.05, 4.69) is 15.6 Å². The summed E-state index contributed by atoms with van der Waals surface area (Å²) in [6.07, 6.45) is 1.92. The average Bonchev–Trinajstić information content (AvgIpc) is 2.99. The third-order valence-corrected chi connectivity index (χ3v) is 6.63. The molecule has 3 heterocycles. The zero-order chi connectivity index (χ0) is 19.4. The van der Waals surface area contributed by atoms with Crippen LogP contribution < -0.4 is 5.56 Å². The largest absolute Gasteiger partial charge is 0.507 e. The molecule has 4 aromatic rings. The van der Waals surface area contributed by atoms with Crippen LogP contribution in [0.25, 0.3) is 21.9 Å². The number of phenols is 1. The van der Waals surface area contributed by atoms with Gasteiger partial charge in [0.2, 0.25) is 0 Å². The van der Waals surface area contributed by atoms with Crippen molar-refractivity contribution in [2.75, 3.05) is 0 Å². The van der Waals surface area contributed by atoms with Crippen molar-refractivity contribution in [3.8, 4) is 5.75 Å². The number of thiophene rings is 1. The van der Waals surface area contributed by atoms with Gasteiger partial charge in [-0.05, 0) is 42.7 Å². The van der Waals surface area contributed by atoms with Gasteiger partial charge in [-0.3, -0.25) is 4.79 Å². The van der Waals surface area contributed by atoms with Crippen molar-refractivity contribution in [1.82, 2.24) is 9.55 Å². The maximum atomic E-state index is 12.9. The Balaban J connectivity index is 1.88. The molecule has 1 aliphatic rings. The lowest BCUT2D eigenvalue weighted by Crippen LogP contribution is -2.22. The van der Waals surface area contributed by atoms with Gasteiger partial charge in [-0.25, -0.2) is 0 Å². The molecule has 0 unspecified atom stereocenters. The number of hydrogen-bond acceptors (Lipinski definition) is 4. The minimum absolute atomic E-state index is 0.189. The molecule has 1 aliphatic heterocycles. The zero-order valence-electron chi connectivity index (χ0n) is 15.6. The molecule has 0 bridgehead atoms. The second kappa shape index (κ2) is 6.17. The lowest BCUT2D eigenvalue weighted by Gasteiger charge is -2.24. The number of aromatic nitrogens is 2. The van der Waals surface area contributed by atoms with Crippen LogP contribution in [0.5, 0.6) is 5.75 Å². The second-order valence-corrected chi connectivity index (χ2v) is 8.27. The summed E-state index contributed by atoms with van der Waals surface area (Å²) in [6.45, 7) is 4.70. The second-order valence-electron chi connectivity index (χ2n) is 7.06. The Labute approximate surface area is 166 Å². The van der Waals surface area contributed by atoms with E-state index in [1.54, 1.807) is 23.5 Å². The number of phenolic OH excluding ortho intramolecular Hbond substituents is 1. The van der Waals surface area contributed by atoms with Crippen molar-refractivity contribution in [2.24, 2.45) is 0 Å². The third-order valence-electron chi connectivity index (χ3n) is 5.40. The highest BCUT2D eigenvalue weighted by Crippen LogP contribution is 2.37. The molecule has 0 fully saturated rings. The van der Waals surface area contributed by atoms with Gasteiger partial charge in [-0.1, -0.05) is 42.5 Å². The van der Waals surface area contributed by atoms with E-state index in [0.717, 1.165) is 26.4 Å². The Hall–Kier alpha value is -3.18. The first-order chi connectivity index (χ1) is 13.5. The number of para-hydroxylation sites is 1. The van der Waals surface area contributed by atoms with Gasteiger partial charge in [-0.15, -0.1) is 11.3 Å². The van der Waals surface area contributed by atoms with E-state index >= 15 is 0 Å². The van der Waals surface area contributed by atoms with Crippen LogP contribution in [-0.2, 0) is 6.54 Å². The maximum Gasteiger partial charge on any atom is 0.282 e. The molecule has 0 saturated heterocycles. The Morgan fingerprint density at radius 1 is 1.11 bits per heavy atom. The van der Waals surface area contributed by atoms with Crippen LogP contribution in [0.1, 0.15) is 33.0 Å². The molecule has 1 N–H and O–H groups in total. The number of aromatic hydroxyl groups is 1. The summed E-state index contributed by atoms with van der Waals surface area (Å²) in [7, 11) is 0. The van der Waals surface area contributed by atoms with E-state index in [1.807, 2.05) is 50.3 Å². The summed E-state index contributed by atoms with van der Waals surface area (Å²) in [5.41, 5.74) is 4.59. The predicted molar refractivity (Wildman–Crippen MR) is 114 cm³/mol. The minimum Gasteiger partial charge on any atom is -0.507 e. The molecule has 28 heavy (non-hydrogen) atoms. The highest BCUT2D eigenvalue weighted by molar-refractivity contribution is 7.18. The standard InChI is InChI=1S/C23H18N2O2S/c1-13-14(2)28-23-20(13)22(27)24-21-18(11-15-7-4-6-10-19(15)26)17-9-5-3-8-16(17)12-25(21)23/h3-11,26H,12H2,1-2H3/b18-11-. The molecule has 0 aliphatic carbocycles. The van der Waals surface area contributed by atoms with E-state index in [9.17, 15) is 9.90 Å². The molecular weight excluding hydrogens is 368 g/mol. The van der Waals surface area contributed by atoms with Crippen molar-refractivity contribution in [3.63, 3.8) is 0 Å². The molecule has 0 amide bonds. The van der Waals surface area contributed by atoms with E-state index in [4.69, 9.17) is 0 Å². The van der Waals surface area contributed by atoms with Crippen LogP contribution in [0.4, 0.5) is 0 Å². The normalized spacial score (nSPS) is 14.3. The van der Waals surface area contributed by atoms with Crippen LogP contribution in [0, 0.1) is 13.8 Å². The molecule has 4 nitrogen and oxygen atoms in total. The van der Waals surface area contributed by atoms with E-state index < -0.39 is 0 Å². The van der Waals surface area contributed by atoms with Gasteiger partial charge < -0.3 is 9.67 Å². The molecule has 2 aromatic carbocycles. The van der Waals surface area contributed by atoms with Crippen LogP contribution in [0.3, 0.4) is 0 Å².